The van der Waals surface area contributed by atoms with Crippen molar-refractivity contribution in [3.63, 3.8) is 0 Å². The summed E-state index contributed by atoms with van der Waals surface area (Å²) in [6.45, 7) is 2.23. The minimum atomic E-state index is 0.520. The van der Waals surface area contributed by atoms with E-state index in [-0.39, 0.29) is 0 Å². The molecule has 5 nitrogen and oxygen atoms in total. The molecule has 1 aromatic carbocycles. The van der Waals surface area contributed by atoms with Crippen LogP contribution in [0, 0.1) is 5.92 Å². The van der Waals surface area contributed by atoms with E-state index in [9.17, 15) is 0 Å². The Morgan fingerprint density at radius 3 is 2.80 bits per heavy atom. The van der Waals surface area contributed by atoms with E-state index in [4.69, 9.17) is 14.6 Å². The first-order chi connectivity index (χ1) is 12.3. The topological polar surface area (TPSA) is 48.3 Å². The highest BCUT2D eigenvalue weighted by atomic mass is 16.5. The molecule has 5 heteroatoms. The summed E-state index contributed by atoms with van der Waals surface area (Å²) in [7, 11) is 3.63. The molecule has 0 aliphatic heterocycles. The first-order valence-electron chi connectivity index (χ1n) is 9.25. The number of ether oxygens (including phenoxy) is 2. The summed E-state index contributed by atoms with van der Waals surface area (Å²) in [6, 6.07) is 10.1. The maximum Gasteiger partial charge on any atom is 0.212 e. The lowest BCUT2D eigenvalue weighted by Gasteiger charge is -2.22. The fourth-order valence-electron chi connectivity index (χ4n) is 3.50. The quantitative estimate of drug-likeness (QED) is 0.793. The predicted molar refractivity (Wildman–Crippen MR) is 98.9 cm³/mol. The average Bonchev–Trinajstić information content (AvgIpc) is 3.02. The maximum atomic E-state index is 6.11. The van der Waals surface area contributed by atoms with Crippen LogP contribution in [0.2, 0.25) is 0 Å². The molecule has 0 radical (unpaired) electrons. The van der Waals surface area contributed by atoms with Crippen molar-refractivity contribution in [3.8, 4) is 11.6 Å². The molecule has 25 heavy (non-hydrogen) atoms. The first-order valence-corrected chi connectivity index (χ1v) is 9.25. The van der Waals surface area contributed by atoms with E-state index in [1.54, 1.807) is 7.11 Å². The van der Waals surface area contributed by atoms with Gasteiger partial charge in [0.15, 0.2) is 0 Å². The normalized spacial score (nSPS) is 15.3. The molecule has 0 amide bonds. The van der Waals surface area contributed by atoms with Crippen molar-refractivity contribution >= 4 is 0 Å². The standard InChI is InChI=1S/C20H29N3O2/c1-21-13-18-12-20(23(22-18)14-16-7-4-3-5-8-16)25-15-17-9-6-10-19(11-17)24-2/h6,9-12,16,21H,3-5,7-8,13-15H2,1-2H3. The molecule has 1 heterocycles. The van der Waals surface area contributed by atoms with Crippen LogP contribution in [0.4, 0.5) is 0 Å². The van der Waals surface area contributed by atoms with Gasteiger partial charge in [0.1, 0.15) is 12.4 Å². The van der Waals surface area contributed by atoms with E-state index >= 15 is 0 Å². The Kier molecular flexibility index (Phi) is 6.34. The maximum absolute atomic E-state index is 6.11. The van der Waals surface area contributed by atoms with Crippen molar-refractivity contribution in [2.24, 2.45) is 5.92 Å². The first kappa shape index (κ1) is 17.8. The second-order valence-electron chi connectivity index (χ2n) is 6.83. The number of nitrogens with zero attached hydrogens (tertiary/aromatic N) is 2. The molecule has 0 unspecified atom stereocenters. The summed E-state index contributed by atoms with van der Waals surface area (Å²) in [4.78, 5) is 0. The van der Waals surface area contributed by atoms with Crippen molar-refractivity contribution in [1.29, 1.82) is 0 Å². The zero-order chi connectivity index (χ0) is 17.5. The second-order valence-corrected chi connectivity index (χ2v) is 6.83. The molecule has 3 rings (SSSR count). The molecule has 0 bridgehead atoms. The van der Waals surface area contributed by atoms with Crippen LogP contribution in [0.15, 0.2) is 30.3 Å². The number of benzene rings is 1. The molecule has 1 saturated carbocycles. The summed E-state index contributed by atoms with van der Waals surface area (Å²) >= 11 is 0. The van der Waals surface area contributed by atoms with E-state index in [0.717, 1.165) is 41.9 Å². The Morgan fingerprint density at radius 2 is 2.04 bits per heavy atom. The molecule has 136 valence electrons. The molecule has 0 spiro atoms. The molecule has 0 saturated heterocycles. The summed E-state index contributed by atoms with van der Waals surface area (Å²) in [5.41, 5.74) is 2.12. The minimum absolute atomic E-state index is 0.520. The highest BCUT2D eigenvalue weighted by Gasteiger charge is 2.17. The zero-order valence-corrected chi connectivity index (χ0v) is 15.3. The van der Waals surface area contributed by atoms with E-state index in [0.29, 0.717) is 6.61 Å². The number of nitrogens with one attached hydrogen (secondary N) is 1. The van der Waals surface area contributed by atoms with Gasteiger partial charge in [0.2, 0.25) is 5.88 Å². The third-order valence-corrected chi connectivity index (χ3v) is 4.83. The van der Waals surface area contributed by atoms with Crippen LogP contribution in [0.1, 0.15) is 43.4 Å². The van der Waals surface area contributed by atoms with Crippen LogP contribution in [0.25, 0.3) is 0 Å². The fourth-order valence-corrected chi connectivity index (χ4v) is 3.50. The average molecular weight is 343 g/mol. The number of hydrogen-bond acceptors (Lipinski definition) is 4. The third kappa shape index (κ3) is 4.98. The molecule has 0 atom stereocenters. The summed E-state index contributed by atoms with van der Waals surface area (Å²) < 4.78 is 13.5. The molecule has 1 aliphatic carbocycles. The molecule has 2 aromatic rings. The van der Waals surface area contributed by atoms with Crippen LogP contribution < -0.4 is 14.8 Å². The smallest absolute Gasteiger partial charge is 0.212 e. The molecule has 1 fully saturated rings. The lowest BCUT2D eigenvalue weighted by Crippen LogP contribution is -2.16. The van der Waals surface area contributed by atoms with Crippen LogP contribution >= 0.6 is 0 Å². The molecule has 1 aromatic heterocycles. The third-order valence-electron chi connectivity index (χ3n) is 4.83. The number of methoxy groups -OCH3 is 1. The lowest BCUT2D eigenvalue weighted by atomic mass is 9.89. The van der Waals surface area contributed by atoms with Crippen LogP contribution in [-0.4, -0.2) is 23.9 Å². The van der Waals surface area contributed by atoms with Gasteiger partial charge in [0, 0.05) is 19.2 Å². The molecule has 1 N–H and O–H groups in total. The van der Waals surface area contributed by atoms with Crippen LogP contribution in [-0.2, 0) is 19.7 Å². The van der Waals surface area contributed by atoms with Crippen molar-refractivity contribution in [1.82, 2.24) is 15.1 Å². The Morgan fingerprint density at radius 1 is 1.20 bits per heavy atom. The highest BCUT2D eigenvalue weighted by Crippen LogP contribution is 2.27. The Labute approximate surface area is 150 Å². The fraction of sp³-hybridized carbons (Fsp3) is 0.550. The van der Waals surface area contributed by atoms with Crippen LogP contribution in [0.5, 0.6) is 11.6 Å². The summed E-state index contributed by atoms with van der Waals surface area (Å²) in [5.74, 6) is 2.43. The van der Waals surface area contributed by atoms with Crippen molar-refractivity contribution in [3.05, 3.63) is 41.6 Å². The molecular formula is C20H29N3O2. The van der Waals surface area contributed by atoms with Gasteiger partial charge in [-0.05, 0) is 43.5 Å². The molecular weight excluding hydrogens is 314 g/mol. The number of hydrogen-bond donors (Lipinski definition) is 1. The van der Waals surface area contributed by atoms with E-state index in [1.165, 1.54) is 32.1 Å². The lowest BCUT2D eigenvalue weighted by molar-refractivity contribution is 0.244. The van der Waals surface area contributed by atoms with Gasteiger partial charge in [-0.15, -0.1) is 0 Å². The van der Waals surface area contributed by atoms with Gasteiger partial charge in [-0.2, -0.15) is 5.10 Å². The second kappa shape index (κ2) is 8.90. The van der Waals surface area contributed by atoms with Gasteiger partial charge in [-0.3, -0.25) is 0 Å². The van der Waals surface area contributed by atoms with E-state index in [1.807, 2.05) is 25.2 Å². The minimum Gasteiger partial charge on any atom is -0.497 e. The largest absolute Gasteiger partial charge is 0.497 e. The van der Waals surface area contributed by atoms with Crippen molar-refractivity contribution < 1.29 is 9.47 Å². The molecule has 1 aliphatic rings. The van der Waals surface area contributed by atoms with Crippen molar-refractivity contribution in [2.45, 2.75) is 51.8 Å². The Balaban J connectivity index is 1.69. The Hall–Kier alpha value is -2.01. The zero-order valence-electron chi connectivity index (χ0n) is 15.3. The van der Waals surface area contributed by atoms with Gasteiger partial charge in [-0.25, -0.2) is 4.68 Å². The predicted octanol–water partition coefficient (Wildman–Crippen LogP) is 3.77. The Bertz CT molecular complexity index is 663. The SMILES string of the molecule is CNCc1cc(OCc2cccc(OC)c2)n(CC2CCCCC2)n1. The van der Waals surface area contributed by atoms with E-state index in [2.05, 4.69) is 22.1 Å². The monoisotopic (exact) mass is 343 g/mol. The van der Waals surface area contributed by atoms with Crippen molar-refractivity contribution in [2.75, 3.05) is 14.2 Å². The van der Waals surface area contributed by atoms with E-state index < -0.39 is 0 Å². The highest BCUT2D eigenvalue weighted by molar-refractivity contribution is 5.28. The number of aromatic nitrogens is 2. The summed E-state index contributed by atoms with van der Waals surface area (Å²) in [6.07, 6.45) is 6.66. The number of rotatable bonds is 8. The van der Waals surface area contributed by atoms with Gasteiger partial charge < -0.3 is 14.8 Å². The van der Waals surface area contributed by atoms with Gasteiger partial charge >= 0.3 is 0 Å². The van der Waals surface area contributed by atoms with Gasteiger partial charge in [0.05, 0.1) is 12.8 Å². The van der Waals surface area contributed by atoms with Gasteiger partial charge in [-0.1, -0.05) is 31.4 Å². The van der Waals surface area contributed by atoms with Gasteiger partial charge in [0.25, 0.3) is 0 Å². The van der Waals surface area contributed by atoms with Crippen LogP contribution in [0.3, 0.4) is 0 Å². The summed E-state index contributed by atoms with van der Waals surface area (Å²) in [5, 5.41) is 7.91.